The number of furan rings is 1. The quantitative estimate of drug-likeness (QED) is 0.297. The molecular weight excluding hydrogens is 490 g/mol. The predicted molar refractivity (Wildman–Crippen MR) is 136 cm³/mol. The van der Waals surface area contributed by atoms with E-state index in [4.69, 9.17) is 14.4 Å². The zero-order valence-electron chi connectivity index (χ0n) is 19.3. The summed E-state index contributed by atoms with van der Waals surface area (Å²) >= 11 is 0. The normalized spacial score (nSPS) is 15.7. The van der Waals surface area contributed by atoms with Crippen molar-refractivity contribution < 1.29 is 22.8 Å². The van der Waals surface area contributed by atoms with E-state index in [0.29, 0.717) is 24.4 Å². The Morgan fingerprint density at radius 3 is 2.09 bits per heavy atom. The lowest BCUT2D eigenvalue weighted by atomic mass is 10.0. The molecule has 0 bridgehead atoms. The summed E-state index contributed by atoms with van der Waals surface area (Å²) < 4.78 is 33.1. The first-order valence-corrected chi connectivity index (χ1v) is 12.8. The van der Waals surface area contributed by atoms with Crippen molar-refractivity contribution in [2.45, 2.75) is 37.1 Å². The fraction of sp³-hybridized carbons (Fsp3) is 0.320. The number of nitrogens with one attached hydrogen (secondary N) is 1. The number of hydrogen-bond donors (Lipinski definition) is 2. The van der Waals surface area contributed by atoms with Crippen molar-refractivity contribution in [3.63, 3.8) is 0 Å². The minimum atomic E-state index is -3.54. The van der Waals surface area contributed by atoms with Crippen molar-refractivity contribution >= 4 is 34.5 Å². The first-order valence-electron chi connectivity index (χ1n) is 11.4. The van der Waals surface area contributed by atoms with Gasteiger partial charge in [-0.2, -0.15) is 4.31 Å². The third kappa shape index (κ3) is 6.24. The van der Waals surface area contributed by atoms with Crippen LogP contribution in [0.1, 0.15) is 30.6 Å². The summed E-state index contributed by atoms with van der Waals surface area (Å²) in [5.74, 6) is 0.746. The second kappa shape index (κ2) is 12.2. The molecule has 1 aromatic heterocycles. The highest BCUT2D eigenvalue weighted by molar-refractivity contribution is 7.89. The Morgan fingerprint density at radius 2 is 1.49 bits per heavy atom. The molecule has 8 nitrogen and oxygen atoms in total. The molecule has 188 valence electrons. The number of hydrogen-bond acceptors (Lipinski definition) is 6. The zero-order chi connectivity index (χ0) is 24.0. The first-order chi connectivity index (χ1) is 16.5. The molecule has 10 heteroatoms. The number of fused-ring (bicyclic) bond motifs is 1. The van der Waals surface area contributed by atoms with Crippen LogP contribution in [0.4, 0.5) is 5.69 Å². The fourth-order valence-electron chi connectivity index (χ4n) is 4.40. The molecule has 3 aromatic rings. The van der Waals surface area contributed by atoms with E-state index in [0.717, 1.165) is 35.5 Å². The molecule has 1 fully saturated rings. The van der Waals surface area contributed by atoms with Gasteiger partial charge in [0, 0.05) is 25.3 Å². The van der Waals surface area contributed by atoms with E-state index in [1.54, 1.807) is 18.4 Å². The molecule has 2 aliphatic heterocycles. The fourth-order valence-corrected chi connectivity index (χ4v) is 5.80. The molecule has 0 atom stereocenters. The summed E-state index contributed by atoms with van der Waals surface area (Å²) in [5, 5.41) is 7.26. The van der Waals surface area contributed by atoms with Gasteiger partial charge in [-0.25, -0.2) is 13.9 Å². The van der Waals surface area contributed by atoms with Crippen LogP contribution in [-0.2, 0) is 27.8 Å². The summed E-state index contributed by atoms with van der Waals surface area (Å²) in [6, 6.07) is 17.7. The lowest BCUT2D eigenvalue weighted by Gasteiger charge is -2.28. The molecule has 35 heavy (non-hydrogen) atoms. The van der Waals surface area contributed by atoms with Crippen LogP contribution < -0.4 is 10.4 Å². The summed E-state index contributed by atoms with van der Waals surface area (Å²) in [6.07, 6.45) is 6.34. The van der Waals surface area contributed by atoms with Crippen molar-refractivity contribution in [3.05, 3.63) is 72.2 Å². The molecule has 5 rings (SSSR count). The molecular formula is C25H30ClN3O5S. The summed E-state index contributed by atoms with van der Waals surface area (Å²) in [5.41, 5.74) is 5.73. The van der Waals surface area contributed by atoms with Crippen molar-refractivity contribution in [1.82, 2.24) is 9.79 Å². The summed E-state index contributed by atoms with van der Waals surface area (Å²) in [6.45, 7) is 3.03. The van der Waals surface area contributed by atoms with Gasteiger partial charge in [0.05, 0.1) is 17.7 Å². The smallest absolute Gasteiger partial charge is 0.243 e. The van der Waals surface area contributed by atoms with E-state index in [-0.39, 0.29) is 18.8 Å². The van der Waals surface area contributed by atoms with E-state index < -0.39 is 10.0 Å². The molecule has 2 aliphatic rings. The zero-order valence-corrected chi connectivity index (χ0v) is 20.9. The number of halogens is 1. The molecule has 0 radical (unpaired) electrons. The number of piperidine rings is 1. The second-order valence-electron chi connectivity index (χ2n) is 8.32. The highest BCUT2D eigenvalue weighted by Crippen LogP contribution is 2.29. The number of anilines is 1. The van der Waals surface area contributed by atoms with Crippen LogP contribution in [0.25, 0.3) is 11.1 Å². The van der Waals surface area contributed by atoms with Gasteiger partial charge in [-0.05, 0) is 72.7 Å². The molecule has 0 aliphatic carbocycles. The maximum Gasteiger partial charge on any atom is 0.243 e. The first kappa shape index (κ1) is 26.7. The van der Waals surface area contributed by atoms with E-state index in [1.807, 2.05) is 18.2 Å². The number of rotatable bonds is 5. The molecule has 2 aromatic carbocycles. The maximum absolute atomic E-state index is 13.1. The average molecular weight is 520 g/mol. The molecule has 3 heterocycles. The highest BCUT2D eigenvalue weighted by atomic mass is 35.5. The maximum atomic E-state index is 13.1. The van der Waals surface area contributed by atoms with Crippen LogP contribution in [0.3, 0.4) is 0 Å². The van der Waals surface area contributed by atoms with Crippen LogP contribution in [0.5, 0.6) is 0 Å². The topological polar surface area (TPSA) is 103 Å². The molecule has 0 spiro atoms. The number of hydroxylamine groups is 1. The Labute approximate surface area is 212 Å². The van der Waals surface area contributed by atoms with Crippen LogP contribution in [0.2, 0.25) is 0 Å². The lowest BCUT2D eigenvalue weighted by Crippen LogP contribution is -2.35. The Kier molecular flexibility index (Phi) is 9.33. The van der Waals surface area contributed by atoms with Gasteiger partial charge in [0.2, 0.25) is 16.4 Å². The van der Waals surface area contributed by atoms with Gasteiger partial charge in [0.25, 0.3) is 0 Å². The Balaban J connectivity index is 0.000000638. The van der Waals surface area contributed by atoms with E-state index in [9.17, 15) is 8.42 Å². The number of carbonyl (C=O) groups is 1. The van der Waals surface area contributed by atoms with E-state index in [1.165, 1.54) is 34.7 Å². The minimum Gasteiger partial charge on any atom is -0.468 e. The van der Waals surface area contributed by atoms with E-state index in [2.05, 4.69) is 29.2 Å². The summed E-state index contributed by atoms with van der Waals surface area (Å²) in [7, 11) is -3.54. The molecule has 2 N–H and O–H groups in total. The van der Waals surface area contributed by atoms with Gasteiger partial charge >= 0.3 is 0 Å². The number of carbonyl (C=O) groups excluding carboxylic acids is 1. The Bertz CT molecular complexity index is 1190. The highest BCUT2D eigenvalue weighted by Gasteiger charge is 2.29. The van der Waals surface area contributed by atoms with E-state index >= 15 is 0 Å². The monoisotopic (exact) mass is 519 g/mol. The van der Waals surface area contributed by atoms with Gasteiger partial charge in [0.1, 0.15) is 5.76 Å². The third-order valence-electron chi connectivity index (χ3n) is 6.25. The second-order valence-corrected chi connectivity index (χ2v) is 10.3. The largest absolute Gasteiger partial charge is 0.468 e. The summed E-state index contributed by atoms with van der Waals surface area (Å²) in [4.78, 5) is 11.6. The third-order valence-corrected chi connectivity index (χ3v) is 8.11. The number of amides is 1. The van der Waals surface area contributed by atoms with Crippen molar-refractivity contribution in [1.29, 1.82) is 0 Å². The van der Waals surface area contributed by atoms with Crippen LogP contribution in [-0.4, -0.2) is 44.0 Å². The van der Waals surface area contributed by atoms with Crippen molar-refractivity contribution in [2.75, 3.05) is 24.5 Å². The average Bonchev–Trinajstić information content (AvgIpc) is 3.38. The van der Waals surface area contributed by atoms with Crippen molar-refractivity contribution in [2.24, 2.45) is 0 Å². The van der Waals surface area contributed by atoms with Crippen LogP contribution >= 0.6 is 12.4 Å². The standard InChI is InChI=1S/C24H26N2O3S.CH3NO2.ClH/c27-30(28,26-16-12-21-13-17-29-24(21)18-26)23-10-6-20(7-11-23)19-4-8-22(9-5-19)25-14-2-1-3-15-25;3-1-2-4;/h4-11,13,17H,1-3,12,14-16,18H2;1,4H,(H,2,3);1H. The van der Waals surface area contributed by atoms with Crippen molar-refractivity contribution in [3.8, 4) is 11.1 Å². The van der Waals surface area contributed by atoms with Gasteiger partial charge < -0.3 is 9.32 Å². The lowest BCUT2D eigenvalue weighted by molar-refractivity contribution is -0.116. The van der Waals surface area contributed by atoms with Crippen LogP contribution in [0, 0.1) is 0 Å². The number of nitrogens with zero attached hydrogens (tertiary/aromatic N) is 2. The number of benzene rings is 2. The molecule has 0 saturated carbocycles. The minimum absolute atomic E-state index is 0. The molecule has 1 saturated heterocycles. The van der Waals surface area contributed by atoms with Gasteiger partial charge in [-0.15, -0.1) is 12.4 Å². The Morgan fingerprint density at radius 1 is 0.886 bits per heavy atom. The predicted octanol–water partition coefficient (Wildman–Crippen LogP) is 4.23. The van der Waals surface area contributed by atoms with Crippen LogP contribution in [0.15, 0.2) is 70.2 Å². The molecule has 1 amide bonds. The number of sulfonamides is 1. The molecule has 0 unspecified atom stereocenters. The SMILES string of the molecule is Cl.O=CNO.O=S(=O)(c1ccc(-c2ccc(N3CCCCC3)cc2)cc1)N1CCc2ccoc2C1. The van der Waals surface area contributed by atoms with Gasteiger partial charge in [0.15, 0.2) is 0 Å². The van der Waals surface area contributed by atoms with Gasteiger partial charge in [-0.1, -0.05) is 24.3 Å². The van der Waals surface area contributed by atoms with Gasteiger partial charge in [-0.3, -0.25) is 10.0 Å². The Hall–Kier alpha value is -2.85.